The van der Waals surface area contributed by atoms with E-state index in [9.17, 15) is 4.79 Å². The van der Waals surface area contributed by atoms with Crippen molar-refractivity contribution in [3.8, 4) is 0 Å². The molecule has 2 aromatic rings. The first kappa shape index (κ1) is 20.3. The largest absolute Gasteiger partial charge is 0.411 e. The Morgan fingerprint density at radius 2 is 1.96 bits per heavy atom. The number of Topliss-reactive ketones (excluding diaryl/α,β-unsaturated/α-hetero) is 1. The number of nitrogens with zero attached hydrogens (tertiary/aromatic N) is 1. The third-order valence-electron chi connectivity index (χ3n) is 6.21. The average Bonchev–Trinajstić information content (AvgIpc) is 3.07. The van der Waals surface area contributed by atoms with Crippen molar-refractivity contribution in [2.75, 3.05) is 0 Å². The fourth-order valence-electron chi connectivity index (χ4n) is 3.42. The summed E-state index contributed by atoms with van der Waals surface area (Å²) in [5.74, 6) is 0.729. The first-order valence-electron chi connectivity index (χ1n) is 9.37. The van der Waals surface area contributed by atoms with Crippen molar-refractivity contribution in [2.45, 2.75) is 65.3 Å². The van der Waals surface area contributed by atoms with Gasteiger partial charge >= 0.3 is 0 Å². The standard InChI is InChI=1S/C21H29ClN2O2Si/c1-20(2,3)27(6,7)26-12-13-11-23-19(24-13)17-14-9-8-10-15(22)16(14)18(25)21(17,4)5/h8-11,17H,12H2,1-7H3,(H,23,24). The van der Waals surface area contributed by atoms with Gasteiger partial charge in [-0.15, -0.1) is 0 Å². The summed E-state index contributed by atoms with van der Waals surface area (Å²) >= 11 is 6.33. The number of hydrogen-bond acceptors (Lipinski definition) is 3. The van der Waals surface area contributed by atoms with Crippen LogP contribution in [0.3, 0.4) is 0 Å². The van der Waals surface area contributed by atoms with E-state index in [4.69, 9.17) is 16.0 Å². The predicted octanol–water partition coefficient (Wildman–Crippen LogP) is 5.94. The number of H-pyrrole nitrogens is 1. The van der Waals surface area contributed by atoms with Crippen molar-refractivity contribution in [1.29, 1.82) is 0 Å². The second kappa shape index (κ2) is 6.57. The quantitative estimate of drug-likeness (QED) is 0.641. The number of rotatable bonds is 4. The molecule has 6 heteroatoms. The highest BCUT2D eigenvalue weighted by Gasteiger charge is 2.49. The Morgan fingerprint density at radius 1 is 1.30 bits per heavy atom. The van der Waals surface area contributed by atoms with E-state index < -0.39 is 13.7 Å². The van der Waals surface area contributed by atoms with Crippen molar-refractivity contribution in [3.63, 3.8) is 0 Å². The first-order chi connectivity index (χ1) is 12.4. The number of nitrogens with one attached hydrogen (secondary N) is 1. The lowest BCUT2D eigenvalue weighted by molar-refractivity contribution is 0.0845. The first-order valence-corrected chi connectivity index (χ1v) is 12.7. The van der Waals surface area contributed by atoms with Gasteiger partial charge in [0.25, 0.3) is 0 Å². The summed E-state index contributed by atoms with van der Waals surface area (Å²) in [6.07, 6.45) is 1.82. The molecule has 1 aromatic heterocycles. The van der Waals surface area contributed by atoms with E-state index in [0.717, 1.165) is 17.1 Å². The zero-order valence-corrected chi connectivity index (χ0v) is 19.0. The highest BCUT2D eigenvalue weighted by molar-refractivity contribution is 6.74. The van der Waals surface area contributed by atoms with Gasteiger partial charge in [-0.25, -0.2) is 4.98 Å². The van der Waals surface area contributed by atoms with Crippen molar-refractivity contribution in [2.24, 2.45) is 5.41 Å². The van der Waals surface area contributed by atoms with Crippen LogP contribution in [0.5, 0.6) is 0 Å². The number of halogens is 1. The Labute approximate surface area is 167 Å². The fourth-order valence-corrected chi connectivity index (χ4v) is 4.64. The highest BCUT2D eigenvalue weighted by Crippen LogP contribution is 2.51. The van der Waals surface area contributed by atoms with Gasteiger partial charge in [-0.3, -0.25) is 4.79 Å². The van der Waals surface area contributed by atoms with E-state index in [1.165, 1.54) is 0 Å². The van der Waals surface area contributed by atoms with E-state index in [1.807, 2.05) is 32.2 Å². The number of benzene rings is 1. The second-order valence-corrected chi connectivity index (χ2v) is 14.7. The number of aromatic amines is 1. The number of fused-ring (bicyclic) bond motifs is 1. The Bertz CT molecular complexity index is 881. The SMILES string of the molecule is CC1(C)C(=O)c2c(Cl)cccc2C1c1ncc(CO[Si](C)(C)C(C)(C)C)[nH]1. The lowest BCUT2D eigenvalue weighted by Gasteiger charge is -2.35. The number of ketones is 1. The molecule has 0 saturated carbocycles. The maximum Gasteiger partial charge on any atom is 0.192 e. The molecule has 146 valence electrons. The number of carbonyl (C=O) groups excluding carboxylic acids is 1. The zero-order valence-electron chi connectivity index (χ0n) is 17.2. The van der Waals surface area contributed by atoms with E-state index in [0.29, 0.717) is 17.2 Å². The van der Waals surface area contributed by atoms with Crippen LogP contribution in [0.4, 0.5) is 0 Å². The summed E-state index contributed by atoms with van der Waals surface area (Å²) < 4.78 is 6.30. The van der Waals surface area contributed by atoms with Gasteiger partial charge in [-0.05, 0) is 29.8 Å². The Hall–Kier alpha value is -1.43. The van der Waals surface area contributed by atoms with Crippen LogP contribution in [0, 0.1) is 5.41 Å². The zero-order chi connectivity index (χ0) is 20.2. The number of aromatic nitrogens is 2. The van der Waals surface area contributed by atoms with Gasteiger partial charge in [0.2, 0.25) is 0 Å². The maximum absolute atomic E-state index is 13.0. The fraction of sp³-hybridized carbons (Fsp3) is 0.524. The van der Waals surface area contributed by atoms with Gasteiger partial charge in [0.15, 0.2) is 14.1 Å². The van der Waals surface area contributed by atoms with Crippen LogP contribution in [-0.4, -0.2) is 24.1 Å². The molecule has 1 aromatic carbocycles. The van der Waals surface area contributed by atoms with Crippen LogP contribution < -0.4 is 0 Å². The van der Waals surface area contributed by atoms with Crippen LogP contribution in [0.2, 0.25) is 23.2 Å². The van der Waals surface area contributed by atoms with Crippen LogP contribution in [0.25, 0.3) is 0 Å². The molecule has 3 rings (SSSR count). The summed E-state index contributed by atoms with van der Waals surface area (Å²) in [5.41, 5.74) is 1.92. The molecule has 0 fully saturated rings. The minimum absolute atomic E-state index is 0.0728. The highest BCUT2D eigenvalue weighted by atomic mass is 35.5. The molecule has 1 heterocycles. The summed E-state index contributed by atoms with van der Waals surface area (Å²) in [7, 11) is -1.83. The molecule has 1 aliphatic rings. The summed E-state index contributed by atoms with van der Waals surface area (Å²) in [6.45, 7) is 15.6. The molecule has 0 spiro atoms. The molecular weight excluding hydrogens is 376 g/mol. The molecule has 1 unspecified atom stereocenters. The molecule has 0 amide bonds. The van der Waals surface area contributed by atoms with Gasteiger partial charge < -0.3 is 9.41 Å². The van der Waals surface area contributed by atoms with E-state index in [-0.39, 0.29) is 16.7 Å². The van der Waals surface area contributed by atoms with E-state index in [1.54, 1.807) is 6.07 Å². The Morgan fingerprint density at radius 3 is 2.59 bits per heavy atom. The third-order valence-corrected chi connectivity index (χ3v) is 11.0. The molecule has 1 aliphatic carbocycles. The van der Waals surface area contributed by atoms with Gasteiger partial charge in [-0.2, -0.15) is 0 Å². The van der Waals surface area contributed by atoms with Crippen LogP contribution in [-0.2, 0) is 11.0 Å². The Balaban J connectivity index is 1.89. The molecule has 1 atom stereocenters. The summed E-state index contributed by atoms with van der Waals surface area (Å²) in [5, 5.41) is 0.673. The number of imidazole rings is 1. The molecule has 0 bridgehead atoms. The lowest BCUT2D eigenvalue weighted by atomic mass is 9.78. The van der Waals surface area contributed by atoms with Gasteiger partial charge in [0, 0.05) is 11.0 Å². The molecule has 0 saturated heterocycles. The summed E-state index contributed by atoms with van der Waals surface area (Å²) in [4.78, 5) is 21.0. The monoisotopic (exact) mass is 404 g/mol. The molecule has 1 N–H and O–H groups in total. The lowest BCUT2D eigenvalue weighted by Crippen LogP contribution is -2.40. The molecule has 27 heavy (non-hydrogen) atoms. The van der Waals surface area contributed by atoms with Crippen LogP contribution in [0.15, 0.2) is 24.4 Å². The smallest absolute Gasteiger partial charge is 0.192 e. The van der Waals surface area contributed by atoms with E-state index >= 15 is 0 Å². The van der Waals surface area contributed by atoms with Crippen molar-refractivity contribution < 1.29 is 9.22 Å². The van der Waals surface area contributed by atoms with Crippen molar-refractivity contribution in [1.82, 2.24) is 9.97 Å². The molecule has 0 radical (unpaired) electrons. The third kappa shape index (κ3) is 3.41. The minimum Gasteiger partial charge on any atom is -0.411 e. The number of carbonyl (C=O) groups is 1. The average molecular weight is 405 g/mol. The van der Waals surface area contributed by atoms with Crippen molar-refractivity contribution >= 4 is 25.7 Å². The summed E-state index contributed by atoms with van der Waals surface area (Å²) in [6, 6.07) is 5.65. The van der Waals surface area contributed by atoms with Gasteiger partial charge in [0.05, 0.1) is 29.4 Å². The Kier molecular flexibility index (Phi) is 4.94. The molecule has 4 nitrogen and oxygen atoms in total. The topological polar surface area (TPSA) is 55.0 Å². The number of hydrogen-bond donors (Lipinski definition) is 1. The predicted molar refractivity (Wildman–Crippen MR) is 112 cm³/mol. The molecule has 0 aliphatic heterocycles. The van der Waals surface area contributed by atoms with Crippen LogP contribution in [0.1, 0.15) is 68.0 Å². The molecular formula is C21H29ClN2O2Si. The minimum atomic E-state index is -1.83. The van der Waals surface area contributed by atoms with Gasteiger partial charge in [0.1, 0.15) is 5.82 Å². The maximum atomic E-state index is 13.0. The van der Waals surface area contributed by atoms with Crippen molar-refractivity contribution in [3.05, 3.63) is 52.1 Å². The van der Waals surface area contributed by atoms with Crippen LogP contribution >= 0.6 is 11.6 Å². The van der Waals surface area contributed by atoms with E-state index in [2.05, 4.69) is 43.8 Å². The second-order valence-electron chi connectivity index (χ2n) is 9.53. The normalized spacial score (nSPS) is 19.4. The van der Waals surface area contributed by atoms with Gasteiger partial charge in [-0.1, -0.05) is 58.4 Å².